The molecular weight excluding hydrogens is 431 g/mol. The number of rotatable bonds is 9. The Kier molecular flexibility index (Phi) is 12.8. The number of hydrogen-bond donors (Lipinski definition) is 2. The molecule has 1 saturated heterocycles. The van der Waals surface area contributed by atoms with E-state index < -0.39 is 0 Å². The highest BCUT2D eigenvalue weighted by Gasteiger charge is 2.17. The number of ether oxygens (including phenoxy) is 2. The Morgan fingerprint density at radius 3 is 2.64 bits per heavy atom. The van der Waals surface area contributed by atoms with Crippen molar-refractivity contribution in [3.05, 3.63) is 0 Å². The average molecular weight is 468 g/mol. The van der Waals surface area contributed by atoms with Crippen molar-refractivity contribution in [3.63, 3.8) is 0 Å². The van der Waals surface area contributed by atoms with Crippen LogP contribution in [0.3, 0.4) is 0 Å². The van der Waals surface area contributed by atoms with Gasteiger partial charge in [0.05, 0.1) is 25.9 Å². The summed E-state index contributed by atoms with van der Waals surface area (Å²) in [7, 11) is 0. The van der Waals surface area contributed by atoms with Crippen molar-refractivity contribution >= 4 is 29.9 Å². The molecule has 0 aromatic heterocycles. The number of halogens is 1. The van der Waals surface area contributed by atoms with E-state index in [9.17, 15) is 0 Å². The lowest BCUT2D eigenvalue weighted by Crippen LogP contribution is -2.44. The van der Waals surface area contributed by atoms with Crippen LogP contribution in [0.4, 0.5) is 0 Å². The molecule has 0 radical (unpaired) electrons. The van der Waals surface area contributed by atoms with Crippen LogP contribution in [0.15, 0.2) is 4.99 Å². The van der Waals surface area contributed by atoms with E-state index in [4.69, 9.17) is 14.5 Å². The highest BCUT2D eigenvalue weighted by molar-refractivity contribution is 14.0. The van der Waals surface area contributed by atoms with E-state index in [2.05, 4.69) is 29.4 Å². The molecule has 1 unspecified atom stereocenters. The fourth-order valence-corrected chi connectivity index (χ4v) is 3.28. The van der Waals surface area contributed by atoms with Crippen molar-refractivity contribution in [2.24, 2.45) is 4.99 Å². The molecule has 0 bridgehead atoms. The topological polar surface area (TPSA) is 58.1 Å². The Morgan fingerprint density at radius 1 is 1.24 bits per heavy atom. The van der Waals surface area contributed by atoms with Gasteiger partial charge in [0.15, 0.2) is 5.96 Å². The second kappa shape index (κ2) is 14.0. The first kappa shape index (κ1) is 22.9. The molecule has 6 nitrogen and oxygen atoms in total. The summed E-state index contributed by atoms with van der Waals surface area (Å²) in [6, 6.07) is 0.454. The van der Waals surface area contributed by atoms with Gasteiger partial charge in [-0.15, -0.1) is 24.0 Å². The predicted molar refractivity (Wildman–Crippen MR) is 114 cm³/mol. The monoisotopic (exact) mass is 468 g/mol. The smallest absolute Gasteiger partial charge is 0.191 e. The van der Waals surface area contributed by atoms with Crippen LogP contribution in [-0.2, 0) is 9.47 Å². The minimum atomic E-state index is 0. The first-order valence-electron chi connectivity index (χ1n) is 9.75. The molecule has 0 aromatic carbocycles. The molecule has 1 heterocycles. The van der Waals surface area contributed by atoms with E-state index in [-0.39, 0.29) is 24.0 Å². The summed E-state index contributed by atoms with van der Waals surface area (Å²) in [5, 5.41) is 6.75. The predicted octanol–water partition coefficient (Wildman–Crippen LogP) is 2.23. The van der Waals surface area contributed by atoms with Crippen LogP contribution in [-0.4, -0.2) is 75.5 Å². The molecule has 1 aliphatic carbocycles. The molecule has 0 aromatic rings. The van der Waals surface area contributed by atoms with Crippen molar-refractivity contribution < 1.29 is 9.47 Å². The van der Waals surface area contributed by atoms with E-state index in [0.29, 0.717) is 12.1 Å². The highest BCUT2D eigenvalue weighted by atomic mass is 127. The van der Waals surface area contributed by atoms with Crippen LogP contribution < -0.4 is 10.6 Å². The maximum absolute atomic E-state index is 5.90. The quantitative estimate of drug-likeness (QED) is 0.235. The van der Waals surface area contributed by atoms with Gasteiger partial charge in [-0.05, 0) is 33.1 Å². The van der Waals surface area contributed by atoms with Gasteiger partial charge in [0.2, 0.25) is 0 Å². The van der Waals surface area contributed by atoms with Gasteiger partial charge < -0.3 is 20.1 Å². The zero-order chi connectivity index (χ0) is 17.0. The summed E-state index contributed by atoms with van der Waals surface area (Å²) in [5.74, 6) is 0.915. The largest absolute Gasteiger partial charge is 0.379 e. The summed E-state index contributed by atoms with van der Waals surface area (Å²) in [4.78, 5) is 7.19. The molecule has 2 aliphatic rings. The molecule has 1 saturated carbocycles. The van der Waals surface area contributed by atoms with Gasteiger partial charge >= 0.3 is 0 Å². The molecular formula is C18H37IN4O2. The van der Waals surface area contributed by atoms with Crippen molar-refractivity contribution in [3.8, 4) is 0 Å². The van der Waals surface area contributed by atoms with Crippen molar-refractivity contribution in [1.82, 2.24) is 15.5 Å². The first-order chi connectivity index (χ1) is 11.8. The molecule has 1 aliphatic heterocycles. The summed E-state index contributed by atoms with van der Waals surface area (Å²) in [5.41, 5.74) is 0. The van der Waals surface area contributed by atoms with Crippen LogP contribution in [0, 0.1) is 0 Å². The van der Waals surface area contributed by atoms with Gasteiger partial charge in [-0.25, -0.2) is 0 Å². The number of aliphatic imine (C=N–C) groups is 1. The van der Waals surface area contributed by atoms with Gasteiger partial charge in [-0.1, -0.05) is 12.8 Å². The first-order valence-corrected chi connectivity index (χ1v) is 9.75. The fourth-order valence-electron chi connectivity index (χ4n) is 3.28. The normalized spacial score (nSPS) is 21.0. The summed E-state index contributed by atoms with van der Waals surface area (Å²) in [6.45, 7) is 11.5. The zero-order valence-corrected chi connectivity index (χ0v) is 18.3. The molecule has 0 spiro atoms. The standard InChI is InChI=1S/C18H36N4O2.HI/c1-3-19-18(20-9-6-12-24-17-7-4-5-8-17)21-15-16(2)22-10-13-23-14-11-22;/h16-17H,3-15H2,1-2H3,(H2,19,20,21);1H. The van der Waals surface area contributed by atoms with E-state index in [1.165, 1.54) is 25.7 Å². The van der Waals surface area contributed by atoms with Crippen LogP contribution in [0.2, 0.25) is 0 Å². The van der Waals surface area contributed by atoms with Gasteiger partial charge in [0.1, 0.15) is 0 Å². The second-order valence-corrected chi connectivity index (χ2v) is 6.77. The Balaban J connectivity index is 0.00000312. The minimum Gasteiger partial charge on any atom is -0.379 e. The van der Waals surface area contributed by atoms with Crippen molar-refractivity contribution in [2.75, 3.05) is 52.5 Å². The molecule has 2 rings (SSSR count). The molecule has 0 amide bonds. The number of guanidine groups is 1. The number of nitrogens with one attached hydrogen (secondary N) is 2. The van der Waals surface area contributed by atoms with Crippen LogP contribution >= 0.6 is 24.0 Å². The van der Waals surface area contributed by atoms with Crippen molar-refractivity contribution in [2.45, 2.75) is 58.1 Å². The molecule has 2 fully saturated rings. The van der Waals surface area contributed by atoms with Crippen LogP contribution in [0.5, 0.6) is 0 Å². The summed E-state index contributed by atoms with van der Waals surface area (Å²) < 4.78 is 11.3. The maximum Gasteiger partial charge on any atom is 0.191 e. The Bertz CT molecular complexity index is 359. The number of nitrogens with zero attached hydrogens (tertiary/aromatic N) is 2. The van der Waals surface area contributed by atoms with Crippen LogP contribution in [0.25, 0.3) is 0 Å². The summed E-state index contributed by atoms with van der Waals surface area (Å²) in [6.07, 6.45) is 6.71. The summed E-state index contributed by atoms with van der Waals surface area (Å²) >= 11 is 0. The lowest BCUT2D eigenvalue weighted by Gasteiger charge is -2.31. The second-order valence-electron chi connectivity index (χ2n) is 6.77. The van der Waals surface area contributed by atoms with Crippen LogP contribution in [0.1, 0.15) is 46.0 Å². The van der Waals surface area contributed by atoms with Gasteiger partial charge in [0, 0.05) is 38.8 Å². The third-order valence-electron chi connectivity index (χ3n) is 4.80. The van der Waals surface area contributed by atoms with E-state index in [1.54, 1.807) is 0 Å². The average Bonchev–Trinajstić information content (AvgIpc) is 3.13. The fraction of sp³-hybridized carbons (Fsp3) is 0.944. The lowest BCUT2D eigenvalue weighted by molar-refractivity contribution is 0.0220. The Labute approximate surface area is 170 Å². The van der Waals surface area contributed by atoms with Gasteiger partial charge in [-0.3, -0.25) is 9.89 Å². The zero-order valence-electron chi connectivity index (χ0n) is 16.0. The van der Waals surface area contributed by atoms with E-state index >= 15 is 0 Å². The molecule has 1 atom stereocenters. The lowest BCUT2D eigenvalue weighted by atomic mass is 10.2. The molecule has 2 N–H and O–H groups in total. The maximum atomic E-state index is 5.90. The third kappa shape index (κ3) is 9.40. The van der Waals surface area contributed by atoms with Gasteiger partial charge in [0.25, 0.3) is 0 Å². The molecule has 148 valence electrons. The SMILES string of the molecule is CCNC(=NCC(C)N1CCOCC1)NCCCOC1CCCC1.I. The van der Waals surface area contributed by atoms with Crippen molar-refractivity contribution in [1.29, 1.82) is 0 Å². The molecule has 25 heavy (non-hydrogen) atoms. The minimum absolute atomic E-state index is 0. The Hall–Kier alpha value is -0.120. The van der Waals surface area contributed by atoms with E-state index in [1.807, 2.05) is 0 Å². The van der Waals surface area contributed by atoms with Gasteiger partial charge in [-0.2, -0.15) is 0 Å². The number of morpholine rings is 1. The highest BCUT2D eigenvalue weighted by Crippen LogP contribution is 2.20. The van der Waals surface area contributed by atoms with E-state index in [0.717, 1.165) is 64.9 Å². The third-order valence-corrected chi connectivity index (χ3v) is 4.80. The molecule has 7 heteroatoms. The number of hydrogen-bond acceptors (Lipinski definition) is 4. The Morgan fingerprint density at radius 2 is 1.96 bits per heavy atom.